The average Bonchev–Trinajstić information content (AvgIpc) is 0.668. The van der Waals surface area contributed by atoms with Crippen molar-refractivity contribution in [2.24, 2.45) is 50.2 Å². The van der Waals surface area contributed by atoms with Crippen LogP contribution in [0.2, 0.25) is 0 Å². The molecule has 9 heterocycles. The van der Waals surface area contributed by atoms with Gasteiger partial charge < -0.3 is 207 Å². The number of ether oxygens (including phenoxy) is 19. The van der Waals surface area contributed by atoms with Crippen molar-refractivity contribution in [3.05, 3.63) is 11.6 Å². The summed E-state index contributed by atoms with van der Waals surface area (Å²) in [6.07, 6.45) is -73.6. The first-order valence-corrected chi connectivity index (χ1v) is 43.6. The van der Waals surface area contributed by atoms with E-state index in [-0.39, 0.29) is 25.2 Å². The van der Waals surface area contributed by atoms with Crippen molar-refractivity contribution in [1.82, 2.24) is 0 Å². The van der Waals surface area contributed by atoms with E-state index < -0.39 is 359 Å². The summed E-state index contributed by atoms with van der Waals surface area (Å²) in [5, 5.41) is 246. The number of carboxylic acid groups (broad SMARTS) is 1. The fourth-order valence-corrected chi connectivity index (χ4v) is 23.0. The number of esters is 2. The quantitative estimate of drug-likeness (QED) is 0.0207. The van der Waals surface area contributed by atoms with Gasteiger partial charge in [0, 0.05) is 6.92 Å². The van der Waals surface area contributed by atoms with Crippen LogP contribution in [0.25, 0.3) is 0 Å². The molecule has 4 saturated carbocycles. The highest BCUT2D eigenvalue weighted by Crippen LogP contribution is 2.76. The Morgan fingerprint density at radius 3 is 1.45 bits per heavy atom. The van der Waals surface area contributed by atoms with Crippen LogP contribution in [0.3, 0.4) is 0 Å². The summed E-state index contributed by atoms with van der Waals surface area (Å²) < 4.78 is 115. The van der Waals surface area contributed by atoms with Crippen molar-refractivity contribution in [1.29, 1.82) is 0 Å². The first-order valence-electron chi connectivity index (χ1n) is 43.6. The maximum atomic E-state index is 16.4. The summed E-state index contributed by atoms with van der Waals surface area (Å²) >= 11 is 0. The smallest absolute Gasteiger partial charge is 0.335 e. The molecule has 45 nitrogen and oxygen atoms in total. The highest BCUT2D eigenvalue weighted by atomic mass is 16.8. The first kappa shape index (κ1) is 99.3. The number of carbonyl (C=O) groups is 4. The monoisotopic (exact) mass is 1830 g/mol. The summed E-state index contributed by atoms with van der Waals surface area (Å²) in [6, 6.07) is 0. The van der Waals surface area contributed by atoms with Crippen LogP contribution in [-0.2, 0) is 109 Å². The molecule has 0 aromatic carbocycles. The molecule has 0 amide bonds. The lowest BCUT2D eigenvalue weighted by Crippen LogP contribution is -2.69. The van der Waals surface area contributed by atoms with E-state index in [1.165, 1.54) is 20.8 Å². The molecule has 14 rings (SSSR count). The molecule has 51 atom stereocenters. The predicted octanol–water partition coefficient (Wildman–Crippen LogP) is -8.46. The van der Waals surface area contributed by atoms with Crippen LogP contribution >= 0.6 is 0 Å². The van der Waals surface area contributed by atoms with E-state index in [2.05, 4.69) is 26.8 Å². The molecule has 726 valence electrons. The second-order valence-electron chi connectivity index (χ2n) is 38.9. The van der Waals surface area contributed by atoms with E-state index in [0.717, 1.165) is 18.8 Å². The number of fused-ring (bicyclic) bond motifs is 7. The fourth-order valence-electron chi connectivity index (χ4n) is 23.0. The Morgan fingerprint density at radius 1 is 0.425 bits per heavy atom. The zero-order chi connectivity index (χ0) is 92.6. The Labute approximate surface area is 729 Å². The maximum Gasteiger partial charge on any atom is 0.335 e. The summed E-state index contributed by atoms with van der Waals surface area (Å²) in [6.45, 7) is 14.0. The molecular weight excluding hydrogens is 1700 g/mol. The van der Waals surface area contributed by atoms with Gasteiger partial charge in [0.1, 0.15) is 170 Å². The third-order valence-corrected chi connectivity index (χ3v) is 30.5. The van der Waals surface area contributed by atoms with Gasteiger partial charge in [-0.25, -0.2) is 4.79 Å². The molecule has 9 aliphatic heterocycles. The van der Waals surface area contributed by atoms with Crippen LogP contribution in [0.5, 0.6) is 0 Å². The van der Waals surface area contributed by atoms with Crippen LogP contribution < -0.4 is 0 Å². The summed E-state index contributed by atoms with van der Waals surface area (Å²) in [4.78, 5) is 56.5. The van der Waals surface area contributed by atoms with Crippen LogP contribution in [-0.4, -0.2) is 434 Å². The minimum absolute atomic E-state index is 0.0143. The molecule has 0 bridgehead atoms. The molecule has 0 aromatic rings. The highest BCUT2D eigenvalue weighted by Gasteiger charge is 2.74. The number of rotatable bonds is 22. The van der Waals surface area contributed by atoms with Crippen molar-refractivity contribution >= 4 is 24.2 Å². The summed E-state index contributed by atoms with van der Waals surface area (Å²) in [7, 11) is 0. The third kappa shape index (κ3) is 17.9. The zero-order valence-electron chi connectivity index (χ0n) is 71.8. The van der Waals surface area contributed by atoms with Gasteiger partial charge in [-0.3, -0.25) is 9.59 Å². The van der Waals surface area contributed by atoms with E-state index in [1.54, 1.807) is 6.92 Å². The van der Waals surface area contributed by atoms with Crippen LogP contribution in [0.15, 0.2) is 11.6 Å². The van der Waals surface area contributed by atoms with Gasteiger partial charge in [-0.15, -0.1) is 0 Å². The van der Waals surface area contributed by atoms with Crippen molar-refractivity contribution in [2.75, 3.05) is 33.0 Å². The van der Waals surface area contributed by atoms with Gasteiger partial charge >= 0.3 is 17.9 Å². The normalized spacial score (nSPS) is 54.3. The molecule has 0 aromatic heterocycles. The number of aldehydes is 1. The van der Waals surface area contributed by atoms with Crippen molar-refractivity contribution in [2.45, 2.75) is 391 Å². The van der Waals surface area contributed by atoms with Crippen LogP contribution in [0, 0.1) is 50.2 Å². The molecular formula is C82H128O45. The van der Waals surface area contributed by atoms with Gasteiger partial charge in [-0.1, -0.05) is 53.2 Å². The SMILES string of the molecule is CC(=O)O[C@H]1[C@H](O[C@@H]2OC[C@@H](O)[C@H](O)[C@H]2O)[C@@H](O)[C@H](O[C@@H]2[C@H](O)[C@@H](O[C@@H]3O[C@@H](C)[C@H](O[C@@H]4OC[C@@H](O)[C@H](O[C@@H]5OC[C@@H](O)[C@H](O)[C@H]5O)[C@H]4O)[C@@H](O)[C@H]3O)[C@H](OC(=O)[C@]34CCC(C)(C)C[C@H]3C3=CC[C@@H]5[C@@]6(C)CC[C@H](O[C@@H]7O[C@H](C(=O)O)[C@@H](O)[C@H](O[C@@H]8OC[C@@H](O)[C@H](O)[C@H]8O)[C@H]7O[C@@H]7O[C@H](CO)[C@H](O)[C@H](O)[C@H]7O)[C@@](C)(C=O)C6CC[C@@]5(C)[C@]3(C)C[C@H]4O)O[C@@H]2C)O[C@@H]1C. The van der Waals surface area contributed by atoms with E-state index in [0.29, 0.717) is 38.5 Å². The molecule has 14 aliphatic rings. The Morgan fingerprint density at radius 2 is 0.890 bits per heavy atom. The highest BCUT2D eigenvalue weighted by molar-refractivity contribution is 5.80. The van der Waals surface area contributed by atoms with E-state index in [1.807, 2.05) is 13.8 Å². The number of allylic oxidation sites excluding steroid dienone is 2. The van der Waals surface area contributed by atoms with Crippen molar-refractivity contribution in [3.8, 4) is 0 Å². The number of aliphatic hydroxyl groups is 21. The fraction of sp³-hybridized carbons (Fsp3) is 0.927. The Hall–Kier alpha value is -3.70. The minimum atomic E-state index is -2.26. The van der Waals surface area contributed by atoms with Gasteiger partial charge in [-0.05, 0) is 118 Å². The van der Waals surface area contributed by atoms with E-state index >= 15 is 4.79 Å². The van der Waals surface area contributed by atoms with Gasteiger partial charge in [0.2, 0.25) is 6.29 Å². The summed E-state index contributed by atoms with van der Waals surface area (Å²) in [5.74, 6) is -5.34. The number of carbonyl (C=O) groups excluding carboxylic acids is 3. The molecule has 5 aliphatic carbocycles. The molecule has 45 heteroatoms. The minimum Gasteiger partial charge on any atom is -0.479 e. The Balaban J connectivity index is 0.743. The van der Waals surface area contributed by atoms with Crippen molar-refractivity contribution in [3.63, 3.8) is 0 Å². The second kappa shape index (κ2) is 38.1. The number of carboxylic acids is 1. The van der Waals surface area contributed by atoms with Gasteiger partial charge in [0.15, 0.2) is 68.6 Å². The topological polar surface area (TPSA) is 689 Å². The molecule has 1 unspecified atom stereocenters. The molecule has 22 N–H and O–H groups in total. The Bertz CT molecular complexity index is 3810. The number of aliphatic hydroxyl groups excluding tert-OH is 21. The van der Waals surface area contributed by atoms with Gasteiger partial charge in [-0.2, -0.15) is 0 Å². The van der Waals surface area contributed by atoms with Gasteiger partial charge in [0.25, 0.3) is 0 Å². The van der Waals surface area contributed by atoms with Gasteiger partial charge in [0.05, 0.1) is 69.0 Å². The second-order valence-corrected chi connectivity index (χ2v) is 38.9. The molecule has 127 heavy (non-hydrogen) atoms. The lowest BCUT2D eigenvalue weighted by molar-refractivity contribution is -0.392. The molecule has 9 saturated heterocycles. The van der Waals surface area contributed by atoms with Crippen molar-refractivity contribution < 1.29 is 222 Å². The van der Waals surface area contributed by atoms with E-state index in [4.69, 9.17) is 90.0 Å². The van der Waals surface area contributed by atoms with Crippen LogP contribution in [0.1, 0.15) is 127 Å². The Kier molecular flexibility index (Phi) is 29.8. The average molecular weight is 1830 g/mol. The third-order valence-electron chi connectivity index (χ3n) is 30.5. The zero-order valence-corrected chi connectivity index (χ0v) is 71.8. The molecule has 0 spiro atoms. The molecule has 0 radical (unpaired) electrons. The maximum absolute atomic E-state index is 16.4. The molecule has 13 fully saturated rings. The number of hydrogen-bond donors (Lipinski definition) is 22. The lowest BCUT2D eigenvalue weighted by Gasteiger charge is -2.71. The largest absolute Gasteiger partial charge is 0.479 e. The number of aliphatic carboxylic acids is 1. The van der Waals surface area contributed by atoms with Crippen LogP contribution in [0.4, 0.5) is 0 Å². The summed E-state index contributed by atoms with van der Waals surface area (Å²) in [5.41, 5.74) is -5.51. The standard InChI is InChI=1S/C82H128O45/c1-27-57(119-70-55(104)60(36(89)25-112-70)121-67-48(97)42(91)33(86)22-109-67)47(96)52(101)71(113-27)125-64-53(102)58(120-73-56(105)62(59(29(3)114-73)116-30(4)85)123-69-50(99)44(93)35(88)24-111-69)28(2)115-74(64)127-76(108)82-18-17-77(5,6)19-32(82)31-11-12-39-78(7)15-14-41(79(8,26-84)38(78)13-16-80(39,9)81(31,10)20-40(82)90)118-75-65(126-72-51(100)46(95)45(94)37(21-83)117-72)61(54(103)63(124-75)66(106)107)122-68-49(98)43(92)34(87)23-110-68/h11,26-29,32-65,67-75,83,86-105H,12-25H2,1-10H3,(H,106,107)/t27-,28+,29+,32-,33+,34+,35+,36+,37+,38?,39+,40+,41-,42-,43-,44-,45-,46-,47-,48+,49+,50+,51+,52+,53-,54-,55+,56+,57-,58-,59+,60-,61-,62+,63-,64+,65+,67-,68-,69-,70-,71-,72-,73-,74-,75+,78-,79-,80+,81+,82+/m0/s1. The first-order chi connectivity index (χ1) is 59.6. The van der Waals surface area contributed by atoms with E-state index in [9.17, 15) is 127 Å². The lowest BCUT2D eigenvalue weighted by atomic mass is 9.33. The predicted molar refractivity (Wildman–Crippen MR) is 410 cm³/mol. The number of hydrogen-bond acceptors (Lipinski definition) is 44.